The van der Waals surface area contributed by atoms with E-state index in [1.54, 1.807) is 0 Å². The van der Waals surface area contributed by atoms with E-state index in [0.717, 1.165) is 22.4 Å². The van der Waals surface area contributed by atoms with Gasteiger partial charge in [-0.05, 0) is 49.1 Å². The minimum atomic E-state index is -0.188. The van der Waals surface area contributed by atoms with Crippen molar-refractivity contribution < 1.29 is 4.79 Å². The number of carbonyl (C=O) groups excluding carboxylic acids is 1. The van der Waals surface area contributed by atoms with Crippen LogP contribution in [-0.2, 0) is 6.54 Å². The Labute approximate surface area is 153 Å². The smallest absolute Gasteiger partial charge is 0.254 e. The molecule has 5 nitrogen and oxygen atoms in total. The Morgan fingerprint density at radius 1 is 0.923 bits per heavy atom. The fourth-order valence-electron chi connectivity index (χ4n) is 2.60. The van der Waals surface area contributed by atoms with E-state index in [1.165, 1.54) is 18.0 Å². The fourth-order valence-corrected chi connectivity index (χ4v) is 2.60. The molecule has 0 bridgehead atoms. The van der Waals surface area contributed by atoms with Crippen molar-refractivity contribution in [1.29, 1.82) is 0 Å². The molecule has 0 radical (unpaired) electrons. The summed E-state index contributed by atoms with van der Waals surface area (Å²) in [4.78, 5) is 20.8. The first kappa shape index (κ1) is 17.6. The normalized spacial score (nSPS) is 10.4. The molecule has 2 aromatic carbocycles. The fraction of sp³-hybridized carbons (Fsp3) is 0.190. The van der Waals surface area contributed by atoms with Crippen molar-refractivity contribution in [2.24, 2.45) is 0 Å². The number of benzene rings is 2. The van der Waals surface area contributed by atoms with Gasteiger partial charge in [-0.1, -0.05) is 36.4 Å². The molecule has 0 saturated heterocycles. The SMILES string of the molecule is Cc1ccccc1CNC(=O)c1cnc(Nc2cccc(C)c2C)nc1. The van der Waals surface area contributed by atoms with E-state index in [2.05, 4.69) is 33.6 Å². The highest BCUT2D eigenvalue weighted by Crippen LogP contribution is 2.20. The average molecular weight is 346 g/mol. The molecule has 3 rings (SSSR count). The second-order valence-corrected chi connectivity index (χ2v) is 6.28. The van der Waals surface area contributed by atoms with Crippen LogP contribution in [0.3, 0.4) is 0 Å². The molecule has 3 aromatic rings. The lowest BCUT2D eigenvalue weighted by Crippen LogP contribution is -2.23. The van der Waals surface area contributed by atoms with Crippen molar-refractivity contribution in [3.63, 3.8) is 0 Å². The molecule has 0 aliphatic carbocycles. The second kappa shape index (κ2) is 7.78. The minimum absolute atomic E-state index is 0.188. The number of carbonyl (C=O) groups is 1. The van der Waals surface area contributed by atoms with Gasteiger partial charge in [0.05, 0.1) is 5.56 Å². The summed E-state index contributed by atoms with van der Waals surface area (Å²) in [6, 6.07) is 14.0. The van der Waals surface area contributed by atoms with Crippen molar-refractivity contribution in [2.75, 3.05) is 5.32 Å². The van der Waals surface area contributed by atoms with Crippen LogP contribution in [0.5, 0.6) is 0 Å². The molecule has 0 aliphatic heterocycles. The Bertz CT molecular complexity index is 920. The quantitative estimate of drug-likeness (QED) is 0.731. The Balaban J connectivity index is 1.64. The van der Waals surface area contributed by atoms with Crippen molar-refractivity contribution in [1.82, 2.24) is 15.3 Å². The average Bonchev–Trinajstić information content (AvgIpc) is 2.65. The molecule has 1 amide bonds. The Morgan fingerprint density at radius 3 is 2.35 bits per heavy atom. The molecule has 0 aliphatic rings. The van der Waals surface area contributed by atoms with E-state index in [4.69, 9.17) is 0 Å². The van der Waals surface area contributed by atoms with Crippen molar-refractivity contribution in [3.05, 3.63) is 82.7 Å². The largest absolute Gasteiger partial charge is 0.348 e. The molecule has 1 heterocycles. The maximum absolute atomic E-state index is 12.3. The maximum Gasteiger partial charge on any atom is 0.254 e. The van der Waals surface area contributed by atoms with E-state index < -0.39 is 0 Å². The Hall–Kier alpha value is -3.21. The van der Waals surface area contributed by atoms with Crippen LogP contribution in [-0.4, -0.2) is 15.9 Å². The van der Waals surface area contributed by atoms with Crippen LogP contribution < -0.4 is 10.6 Å². The third-order valence-corrected chi connectivity index (χ3v) is 4.47. The van der Waals surface area contributed by atoms with Crippen LogP contribution in [0.25, 0.3) is 0 Å². The molecular weight excluding hydrogens is 324 g/mol. The molecule has 0 spiro atoms. The van der Waals surface area contributed by atoms with Crippen LogP contribution in [0.4, 0.5) is 11.6 Å². The molecule has 0 fully saturated rings. The summed E-state index contributed by atoms with van der Waals surface area (Å²) in [5.41, 5.74) is 5.98. The number of nitrogens with zero attached hydrogens (tertiary/aromatic N) is 2. The topological polar surface area (TPSA) is 66.9 Å². The number of hydrogen-bond acceptors (Lipinski definition) is 4. The summed E-state index contributed by atoms with van der Waals surface area (Å²) in [7, 11) is 0. The van der Waals surface area contributed by atoms with Gasteiger partial charge in [0, 0.05) is 24.6 Å². The number of aromatic nitrogens is 2. The maximum atomic E-state index is 12.3. The first-order valence-corrected chi connectivity index (χ1v) is 8.52. The standard InChI is InChI=1S/C21H22N4O/c1-14-8-6-10-19(16(14)3)25-21-23-12-18(13-24-21)20(26)22-11-17-9-5-4-7-15(17)2/h4-10,12-13H,11H2,1-3H3,(H,22,26)(H,23,24,25). The summed E-state index contributed by atoms with van der Waals surface area (Å²) < 4.78 is 0. The summed E-state index contributed by atoms with van der Waals surface area (Å²) >= 11 is 0. The zero-order valence-corrected chi connectivity index (χ0v) is 15.2. The lowest BCUT2D eigenvalue weighted by atomic mass is 10.1. The van der Waals surface area contributed by atoms with Crippen LogP contribution >= 0.6 is 0 Å². The number of rotatable bonds is 5. The molecular formula is C21H22N4O. The number of amides is 1. The van der Waals surface area contributed by atoms with E-state index in [9.17, 15) is 4.79 Å². The highest BCUT2D eigenvalue weighted by atomic mass is 16.1. The molecule has 5 heteroatoms. The summed E-state index contributed by atoms with van der Waals surface area (Å²) in [5, 5.41) is 6.09. The van der Waals surface area contributed by atoms with Gasteiger partial charge in [0.1, 0.15) is 0 Å². The molecule has 0 atom stereocenters. The van der Waals surface area contributed by atoms with Gasteiger partial charge in [0.25, 0.3) is 5.91 Å². The van der Waals surface area contributed by atoms with Gasteiger partial charge in [-0.25, -0.2) is 9.97 Å². The highest BCUT2D eigenvalue weighted by molar-refractivity contribution is 5.93. The van der Waals surface area contributed by atoms with Gasteiger partial charge in [0.2, 0.25) is 5.95 Å². The van der Waals surface area contributed by atoms with Crippen LogP contribution in [0, 0.1) is 20.8 Å². The zero-order chi connectivity index (χ0) is 18.5. The number of aryl methyl sites for hydroxylation is 2. The highest BCUT2D eigenvalue weighted by Gasteiger charge is 2.09. The van der Waals surface area contributed by atoms with E-state index in [1.807, 2.05) is 50.2 Å². The molecule has 0 unspecified atom stereocenters. The number of anilines is 2. The third-order valence-electron chi connectivity index (χ3n) is 4.47. The van der Waals surface area contributed by atoms with Gasteiger partial charge in [0.15, 0.2) is 0 Å². The third kappa shape index (κ3) is 4.06. The van der Waals surface area contributed by atoms with Gasteiger partial charge in [-0.15, -0.1) is 0 Å². The molecule has 132 valence electrons. The number of hydrogen-bond donors (Lipinski definition) is 2. The lowest BCUT2D eigenvalue weighted by Gasteiger charge is -2.10. The zero-order valence-electron chi connectivity index (χ0n) is 15.2. The van der Waals surface area contributed by atoms with Gasteiger partial charge in [-0.3, -0.25) is 4.79 Å². The summed E-state index contributed by atoms with van der Waals surface area (Å²) in [6.45, 7) is 6.61. The molecule has 2 N–H and O–H groups in total. The molecule has 26 heavy (non-hydrogen) atoms. The van der Waals surface area contributed by atoms with Crippen LogP contribution in [0.15, 0.2) is 54.9 Å². The van der Waals surface area contributed by atoms with E-state index in [0.29, 0.717) is 18.1 Å². The molecule has 0 saturated carbocycles. The van der Waals surface area contributed by atoms with Crippen molar-refractivity contribution >= 4 is 17.5 Å². The van der Waals surface area contributed by atoms with Gasteiger partial charge >= 0.3 is 0 Å². The predicted octanol–water partition coefficient (Wildman–Crippen LogP) is 4.08. The number of nitrogens with one attached hydrogen (secondary N) is 2. The molecule has 1 aromatic heterocycles. The summed E-state index contributed by atoms with van der Waals surface area (Å²) in [5.74, 6) is 0.278. The second-order valence-electron chi connectivity index (χ2n) is 6.28. The first-order valence-electron chi connectivity index (χ1n) is 8.52. The summed E-state index contributed by atoms with van der Waals surface area (Å²) in [6.07, 6.45) is 3.07. The van der Waals surface area contributed by atoms with E-state index >= 15 is 0 Å². The van der Waals surface area contributed by atoms with Gasteiger partial charge < -0.3 is 10.6 Å². The Morgan fingerprint density at radius 2 is 1.62 bits per heavy atom. The van der Waals surface area contributed by atoms with Crippen LogP contribution in [0.1, 0.15) is 32.6 Å². The van der Waals surface area contributed by atoms with Crippen molar-refractivity contribution in [3.8, 4) is 0 Å². The monoisotopic (exact) mass is 346 g/mol. The van der Waals surface area contributed by atoms with Crippen molar-refractivity contribution in [2.45, 2.75) is 27.3 Å². The minimum Gasteiger partial charge on any atom is -0.348 e. The van der Waals surface area contributed by atoms with E-state index in [-0.39, 0.29) is 5.91 Å². The lowest BCUT2D eigenvalue weighted by molar-refractivity contribution is 0.0950. The Kier molecular flexibility index (Phi) is 5.27. The van der Waals surface area contributed by atoms with Gasteiger partial charge in [-0.2, -0.15) is 0 Å². The predicted molar refractivity (Wildman–Crippen MR) is 104 cm³/mol. The first-order chi connectivity index (χ1) is 12.5. The van der Waals surface area contributed by atoms with Crippen LogP contribution in [0.2, 0.25) is 0 Å².